The molecule has 1 aromatic carbocycles. The van der Waals surface area contributed by atoms with Gasteiger partial charge in [0.25, 0.3) is 0 Å². The van der Waals surface area contributed by atoms with Crippen LogP contribution in [0.2, 0.25) is 0 Å². The molecule has 0 aromatic heterocycles. The van der Waals surface area contributed by atoms with Crippen LogP contribution in [0.4, 0.5) is 0 Å². The molecule has 1 aromatic rings. The normalized spacial score (nSPS) is 25.2. The monoisotopic (exact) mass is 319 g/mol. The van der Waals surface area contributed by atoms with E-state index in [0.717, 1.165) is 12.0 Å². The lowest BCUT2D eigenvalue weighted by Crippen LogP contribution is -2.31. The van der Waals surface area contributed by atoms with Crippen LogP contribution < -0.4 is 5.32 Å². The highest BCUT2D eigenvalue weighted by atomic mass is 32.2. The third kappa shape index (κ3) is 3.40. The van der Waals surface area contributed by atoms with E-state index < -0.39 is 9.84 Å². The first-order chi connectivity index (χ1) is 10.5. The maximum Gasteiger partial charge on any atom is 0.223 e. The van der Waals surface area contributed by atoms with Crippen LogP contribution in [0.5, 0.6) is 0 Å². The van der Waals surface area contributed by atoms with E-state index in [1.54, 1.807) is 0 Å². The van der Waals surface area contributed by atoms with Gasteiger partial charge in [0.2, 0.25) is 5.91 Å². The van der Waals surface area contributed by atoms with Crippen LogP contribution in [-0.2, 0) is 14.6 Å². The standard InChI is InChI=1S/C17H21NO3S/c19-16(18-10-4-7-14-5-2-1-3-6-14)15-13-17(15)8-11-22(20,21)12-9-17/h1-7,15H,8-13H2,(H,18,19)/b7-4+. The summed E-state index contributed by atoms with van der Waals surface area (Å²) in [6, 6.07) is 9.94. The molecule has 1 spiro atoms. The first-order valence-corrected chi connectivity index (χ1v) is 9.53. The van der Waals surface area contributed by atoms with Crippen LogP contribution in [0.1, 0.15) is 24.8 Å². The van der Waals surface area contributed by atoms with Crippen LogP contribution >= 0.6 is 0 Å². The second-order valence-electron chi connectivity index (χ2n) is 6.33. The van der Waals surface area contributed by atoms with Crippen LogP contribution in [0, 0.1) is 11.3 Å². The Labute approximate surface area is 131 Å². The Bertz CT molecular complexity index is 665. The number of hydrogen-bond acceptors (Lipinski definition) is 3. The minimum absolute atomic E-state index is 0.00752. The summed E-state index contributed by atoms with van der Waals surface area (Å²) in [5.41, 5.74) is 1.08. The molecule has 1 amide bonds. The Hall–Kier alpha value is -1.62. The van der Waals surface area contributed by atoms with Gasteiger partial charge in [0, 0.05) is 12.5 Å². The quantitative estimate of drug-likeness (QED) is 0.923. The largest absolute Gasteiger partial charge is 0.352 e. The van der Waals surface area contributed by atoms with Crippen molar-refractivity contribution in [2.75, 3.05) is 18.1 Å². The van der Waals surface area contributed by atoms with E-state index in [1.165, 1.54) is 0 Å². The van der Waals surface area contributed by atoms with Gasteiger partial charge in [0.05, 0.1) is 11.5 Å². The molecule has 1 saturated carbocycles. The van der Waals surface area contributed by atoms with Crippen LogP contribution in [0.15, 0.2) is 36.4 Å². The molecule has 1 unspecified atom stereocenters. The highest BCUT2D eigenvalue weighted by Gasteiger charge is 2.59. The summed E-state index contributed by atoms with van der Waals surface area (Å²) < 4.78 is 23.0. The van der Waals surface area contributed by atoms with Gasteiger partial charge in [0.15, 0.2) is 0 Å². The van der Waals surface area contributed by atoms with Gasteiger partial charge >= 0.3 is 0 Å². The van der Waals surface area contributed by atoms with Crippen molar-refractivity contribution in [1.29, 1.82) is 0 Å². The van der Waals surface area contributed by atoms with E-state index in [0.29, 0.717) is 19.4 Å². The molecule has 0 bridgehead atoms. The van der Waals surface area contributed by atoms with E-state index in [2.05, 4.69) is 5.32 Å². The SMILES string of the molecule is O=C(NC/C=C/c1ccccc1)C1CC12CCS(=O)(=O)CC2. The van der Waals surface area contributed by atoms with Crippen molar-refractivity contribution >= 4 is 21.8 Å². The maximum absolute atomic E-state index is 12.2. The lowest BCUT2D eigenvalue weighted by Gasteiger charge is -2.22. The molecule has 1 N–H and O–H groups in total. The fraction of sp³-hybridized carbons (Fsp3) is 0.471. The van der Waals surface area contributed by atoms with Crippen LogP contribution in [0.3, 0.4) is 0 Å². The first kappa shape index (κ1) is 15.3. The smallest absolute Gasteiger partial charge is 0.223 e. The molecule has 1 aliphatic carbocycles. The topological polar surface area (TPSA) is 63.2 Å². The van der Waals surface area contributed by atoms with Crippen molar-refractivity contribution in [3.05, 3.63) is 42.0 Å². The molecule has 0 radical (unpaired) electrons. The highest BCUT2D eigenvalue weighted by Crippen LogP contribution is 2.59. The summed E-state index contributed by atoms with van der Waals surface area (Å²) in [6.07, 6.45) is 6.06. The van der Waals surface area contributed by atoms with E-state index in [1.807, 2.05) is 42.5 Å². The molecular weight excluding hydrogens is 298 g/mol. The zero-order valence-corrected chi connectivity index (χ0v) is 13.3. The third-order valence-electron chi connectivity index (χ3n) is 4.83. The van der Waals surface area contributed by atoms with Crippen LogP contribution in [0.25, 0.3) is 6.08 Å². The Kier molecular flexibility index (Phi) is 4.08. The molecule has 4 nitrogen and oxygen atoms in total. The van der Waals surface area contributed by atoms with E-state index in [9.17, 15) is 13.2 Å². The van der Waals surface area contributed by atoms with E-state index in [-0.39, 0.29) is 28.7 Å². The predicted molar refractivity (Wildman–Crippen MR) is 86.9 cm³/mol. The number of carbonyl (C=O) groups excluding carboxylic acids is 1. The van der Waals surface area contributed by atoms with Gasteiger partial charge in [-0.1, -0.05) is 42.5 Å². The molecule has 5 heteroatoms. The molecule has 1 heterocycles. The van der Waals surface area contributed by atoms with E-state index >= 15 is 0 Å². The number of amides is 1. The van der Waals surface area contributed by atoms with Gasteiger partial charge in [-0.05, 0) is 30.2 Å². The van der Waals surface area contributed by atoms with Crippen molar-refractivity contribution in [2.24, 2.45) is 11.3 Å². The molecule has 22 heavy (non-hydrogen) atoms. The predicted octanol–water partition coefficient (Wildman–Crippen LogP) is 2.03. The summed E-state index contributed by atoms with van der Waals surface area (Å²) in [6.45, 7) is 0.513. The molecule has 118 valence electrons. The number of sulfone groups is 1. The minimum Gasteiger partial charge on any atom is -0.352 e. The molecule has 3 rings (SSSR count). The maximum atomic E-state index is 12.2. The Morgan fingerprint density at radius 2 is 1.91 bits per heavy atom. The van der Waals surface area contributed by atoms with Gasteiger partial charge in [-0.3, -0.25) is 4.79 Å². The molecular formula is C17H21NO3S. The number of benzene rings is 1. The van der Waals surface area contributed by atoms with Crippen molar-refractivity contribution in [2.45, 2.75) is 19.3 Å². The summed E-state index contributed by atoms with van der Waals surface area (Å²) in [5, 5.41) is 2.93. The summed E-state index contributed by atoms with van der Waals surface area (Å²) in [7, 11) is -2.86. The average molecular weight is 319 g/mol. The summed E-state index contributed by atoms with van der Waals surface area (Å²) >= 11 is 0. The van der Waals surface area contributed by atoms with Crippen molar-refractivity contribution < 1.29 is 13.2 Å². The Balaban J connectivity index is 1.45. The lowest BCUT2D eigenvalue weighted by molar-refractivity contribution is -0.123. The summed E-state index contributed by atoms with van der Waals surface area (Å²) in [4.78, 5) is 12.2. The number of hydrogen-bond donors (Lipinski definition) is 1. The molecule has 2 aliphatic rings. The molecule has 1 aliphatic heterocycles. The van der Waals surface area contributed by atoms with Crippen molar-refractivity contribution in [1.82, 2.24) is 5.32 Å². The second kappa shape index (κ2) is 5.88. The first-order valence-electron chi connectivity index (χ1n) is 7.71. The summed E-state index contributed by atoms with van der Waals surface area (Å²) in [5.74, 6) is 0.556. The minimum atomic E-state index is -2.86. The van der Waals surface area contributed by atoms with Crippen molar-refractivity contribution in [3.8, 4) is 0 Å². The lowest BCUT2D eigenvalue weighted by atomic mass is 9.96. The van der Waals surface area contributed by atoms with Gasteiger partial charge < -0.3 is 5.32 Å². The number of carbonyl (C=O) groups is 1. The average Bonchev–Trinajstić information content (AvgIpc) is 3.23. The van der Waals surface area contributed by atoms with Crippen molar-refractivity contribution in [3.63, 3.8) is 0 Å². The zero-order chi connectivity index (χ0) is 15.6. The van der Waals surface area contributed by atoms with Gasteiger partial charge in [0.1, 0.15) is 9.84 Å². The third-order valence-corrected chi connectivity index (χ3v) is 6.48. The Morgan fingerprint density at radius 1 is 1.23 bits per heavy atom. The van der Waals surface area contributed by atoms with E-state index in [4.69, 9.17) is 0 Å². The fourth-order valence-electron chi connectivity index (χ4n) is 3.26. The van der Waals surface area contributed by atoms with Crippen LogP contribution in [-0.4, -0.2) is 32.4 Å². The fourth-order valence-corrected chi connectivity index (χ4v) is 4.90. The molecule has 1 atom stereocenters. The molecule has 1 saturated heterocycles. The Morgan fingerprint density at radius 3 is 2.59 bits per heavy atom. The van der Waals surface area contributed by atoms with Gasteiger partial charge in [-0.15, -0.1) is 0 Å². The zero-order valence-electron chi connectivity index (χ0n) is 12.5. The molecule has 2 fully saturated rings. The van der Waals surface area contributed by atoms with Gasteiger partial charge in [-0.25, -0.2) is 8.42 Å². The van der Waals surface area contributed by atoms with Gasteiger partial charge in [-0.2, -0.15) is 0 Å². The highest BCUT2D eigenvalue weighted by molar-refractivity contribution is 7.91. The number of rotatable bonds is 4. The second-order valence-corrected chi connectivity index (χ2v) is 8.63. The number of nitrogens with one attached hydrogen (secondary N) is 1.